The first-order valence-electron chi connectivity index (χ1n) is 6.87. The van der Waals surface area contributed by atoms with E-state index >= 15 is 0 Å². The molecule has 0 radical (unpaired) electrons. The fraction of sp³-hybridized carbons (Fsp3) is 0.235. The Morgan fingerprint density at radius 3 is 2.36 bits per heavy atom. The highest BCUT2D eigenvalue weighted by Gasteiger charge is 2.16. The first kappa shape index (κ1) is 16.4. The van der Waals surface area contributed by atoms with Gasteiger partial charge in [-0.15, -0.1) is 0 Å². The van der Waals surface area contributed by atoms with Crippen molar-refractivity contribution in [2.75, 3.05) is 12.4 Å². The second-order valence-electron chi connectivity index (χ2n) is 4.91. The molecule has 22 heavy (non-hydrogen) atoms. The maximum atomic E-state index is 12.2. The lowest BCUT2D eigenvalue weighted by Crippen LogP contribution is -2.30. The predicted octanol–water partition coefficient (Wildman–Crippen LogP) is 4.17. The van der Waals surface area contributed by atoms with Crippen molar-refractivity contribution >= 4 is 27.5 Å². The molecule has 0 aliphatic heterocycles. The lowest BCUT2D eigenvalue weighted by atomic mass is 10.2. The minimum atomic E-state index is -0.610. The van der Waals surface area contributed by atoms with E-state index in [1.54, 1.807) is 38.3 Å². The summed E-state index contributed by atoms with van der Waals surface area (Å²) >= 11 is 3.44. The molecule has 116 valence electrons. The normalized spacial score (nSPS) is 11.6. The average Bonchev–Trinajstić information content (AvgIpc) is 2.50. The molecule has 0 heterocycles. The number of aryl methyl sites for hydroxylation is 1. The summed E-state index contributed by atoms with van der Waals surface area (Å²) in [6, 6.07) is 12.9. The summed E-state index contributed by atoms with van der Waals surface area (Å²) in [6.07, 6.45) is -0.610. The smallest absolute Gasteiger partial charge is 0.265 e. The van der Waals surface area contributed by atoms with Gasteiger partial charge in [-0.3, -0.25) is 4.79 Å². The largest absolute Gasteiger partial charge is 0.497 e. The van der Waals surface area contributed by atoms with Gasteiger partial charge in [0.2, 0.25) is 0 Å². The van der Waals surface area contributed by atoms with Crippen molar-refractivity contribution in [1.82, 2.24) is 0 Å². The molecule has 0 aliphatic rings. The highest BCUT2D eigenvalue weighted by molar-refractivity contribution is 9.10. The number of carbonyl (C=O) groups excluding carboxylic acids is 1. The molecule has 0 spiro atoms. The zero-order chi connectivity index (χ0) is 16.1. The number of hydrogen-bond donors (Lipinski definition) is 1. The van der Waals surface area contributed by atoms with Crippen molar-refractivity contribution in [2.45, 2.75) is 20.0 Å². The summed E-state index contributed by atoms with van der Waals surface area (Å²) < 4.78 is 11.6. The molecule has 0 saturated carbocycles. The fourth-order valence-corrected chi connectivity index (χ4v) is 2.46. The standard InChI is InChI=1S/C17H18BrNO3/c1-11-4-9-16(15(18)10-11)19-17(20)12(2)22-14-7-5-13(21-3)6-8-14/h4-10,12H,1-3H3,(H,19,20)/t12-/m1/s1. The predicted molar refractivity (Wildman–Crippen MR) is 90.6 cm³/mol. The van der Waals surface area contributed by atoms with Gasteiger partial charge in [0.05, 0.1) is 12.8 Å². The number of hydrogen-bond acceptors (Lipinski definition) is 3. The number of anilines is 1. The van der Waals surface area contributed by atoms with Gasteiger partial charge >= 0.3 is 0 Å². The fourth-order valence-electron chi connectivity index (χ4n) is 1.87. The third-order valence-corrected chi connectivity index (χ3v) is 3.78. The number of methoxy groups -OCH3 is 1. The molecule has 0 unspecified atom stereocenters. The van der Waals surface area contributed by atoms with E-state index in [4.69, 9.17) is 9.47 Å². The van der Waals surface area contributed by atoms with E-state index in [1.807, 2.05) is 25.1 Å². The summed E-state index contributed by atoms with van der Waals surface area (Å²) in [5, 5.41) is 2.84. The number of carbonyl (C=O) groups is 1. The highest BCUT2D eigenvalue weighted by atomic mass is 79.9. The maximum Gasteiger partial charge on any atom is 0.265 e. The van der Waals surface area contributed by atoms with Crippen LogP contribution in [-0.2, 0) is 4.79 Å². The monoisotopic (exact) mass is 363 g/mol. The zero-order valence-corrected chi connectivity index (χ0v) is 14.3. The number of ether oxygens (including phenoxy) is 2. The van der Waals surface area contributed by atoms with Gasteiger partial charge in [-0.1, -0.05) is 6.07 Å². The average molecular weight is 364 g/mol. The van der Waals surface area contributed by atoms with E-state index in [2.05, 4.69) is 21.2 Å². The van der Waals surface area contributed by atoms with Crippen molar-refractivity contribution in [1.29, 1.82) is 0 Å². The van der Waals surface area contributed by atoms with Gasteiger partial charge in [0, 0.05) is 4.47 Å². The molecule has 0 saturated heterocycles. The molecule has 5 heteroatoms. The minimum absolute atomic E-state index is 0.208. The second kappa shape index (κ2) is 7.31. The lowest BCUT2D eigenvalue weighted by molar-refractivity contribution is -0.122. The molecule has 2 aromatic carbocycles. The van der Waals surface area contributed by atoms with E-state index in [0.717, 1.165) is 21.5 Å². The van der Waals surface area contributed by atoms with Crippen molar-refractivity contribution < 1.29 is 14.3 Å². The van der Waals surface area contributed by atoms with Crippen LogP contribution in [0.2, 0.25) is 0 Å². The van der Waals surface area contributed by atoms with Gasteiger partial charge < -0.3 is 14.8 Å². The van der Waals surface area contributed by atoms with Crippen LogP contribution < -0.4 is 14.8 Å². The first-order valence-corrected chi connectivity index (χ1v) is 7.66. The molecule has 0 fully saturated rings. The Kier molecular flexibility index (Phi) is 5.44. The Morgan fingerprint density at radius 1 is 1.14 bits per heavy atom. The van der Waals surface area contributed by atoms with E-state index in [9.17, 15) is 4.79 Å². The van der Waals surface area contributed by atoms with Crippen LogP contribution in [0.5, 0.6) is 11.5 Å². The molecule has 1 atom stereocenters. The van der Waals surface area contributed by atoms with Crippen molar-refractivity contribution in [3.63, 3.8) is 0 Å². The van der Waals surface area contributed by atoms with Crippen molar-refractivity contribution in [3.05, 3.63) is 52.5 Å². The van der Waals surface area contributed by atoms with E-state index in [1.165, 1.54) is 0 Å². The topological polar surface area (TPSA) is 47.6 Å². The molecule has 4 nitrogen and oxygen atoms in total. The molecular formula is C17H18BrNO3. The zero-order valence-electron chi connectivity index (χ0n) is 12.7. The van der Waals surface area contributed by atoms with Gasteiger partial charge in [-0.25, -0.2) is 0 Å². The number of amides is 1. The van der Waals surface area contributed by atoms with Crippen molar-refractivity contribution in [2.24, 2.45) is 0 Å². The van der Waals surface area contributed by atoms with Crippen molar-refractivity contribution in [3.8, 4) is 11.5 Å². The van der Waals surface area contributed by atoms with Crippen LogP contribution in [0.3, 0.4) is 0 Å². The molecule has 0 aromatic heterocycles. The number of nitrogens with one attached hydrogen (secondary N) is 1. The number of rotatable bonds is 5. The highest BCUT2D eigenvalue weighted by Crippen LogP contribution is 2.24. The lowest BCUT2D eigenvalue weighted by Gasteiger charge is -2.15. The van der Waals surface area contributed by atoms with E-state index in [0.29, 0.717) is 5.75 Å². The second-order valence-corrected chi connectivity index (χ2v) is 5.76. The summed E-state index contributed by atoms with van der Waals surface area (Å²) in [6.45, 7) is 3.70. The summed E-state index contributed by atoms with van der Waals surface area (Å²) in [5.41, 5.74) is 1.84. The summed E-state index contributed by atoms with van der Waals surface area (Å²) in [7, 11) is 1.60. The molecular weight excluding hydrogens is 346 g/mol. The molecule has 1 amide bonds. The summed E-state index contributed by atoms with van der Waals surface area (Å²) in [4.78, 5) is 12.2. The van der Waals surface area contributed by atoms with Crippen LogP contribution >= 0.6 is 15.9 Å². The third kappa shape index (κ3) is 4.24. The van der Waals surface area contributed by atoms with Crippen LogP contribution in [0.15, 0.2) is 46.9 Å². The first-order chi connectivity index (χ1) is 10.5. The van der Waals surface area contributed by atoms with Gasteiger partial charge in [-0.05, 0) is 71.7 Å². The Labute approximate surface area is 138 Å². The van der Waals surface area contributed by atoms with Crippen LogP contribution in [0.25, 0.3) is 0 Å². The molecule has 0 aliphatic carbocycles. The Balaban J connectivity index is 1.99. The Hall–Kier alpha value is -2.01. The number of benzene rings is 2. The molecule has 2 rings (SSSR count). The number of halogens is 1. The Morgan fingerprint density at radius 2 is 1.77 bits per heavy atom. The SMILES string of the molecule is COc1ccc(O[C@H](C)C(=O)Nc2ccc(C)cc2Br)cc1. The van der Waals surface area contributed by atoms with Gasteiger partial charge in [-0.2, -0.15) is 0 Å². The van der Waals surface area contributed by atoms with Crippen LogP contribution in [-0.4, -0.2) is 19.1 Å². The van der Waals surface area contributed by atoms with Gasteiger partial charge in [0.1, 0.15) is 11.5 Å². The van der Waals surface area contributed by atoms with Crippen LogP contribution in [0.1, 0.15) is 12.5 Å². The maximum absolute atomic E-state index is 12.2. The van der Waals surface area contributed by atoms with Gasteiger partial charge in [0.25, 0.3) is 5.91 Å². The molecule has 1 N–H and O–H groups in total. The van der Waals surface area contributed by atoms with E-state index in [-0.39, 0.29) is 5.91 Å². The molecule has 0 bridgehead atoms. The van der Waals surface area contributed by atoms with Crippen LogP contribution in [0.4, 0.5) is 5.69 Å². The summed E-state index contributed by atoms with van der Waals surface area (Å²) in [5.74, 6) is 1.15. The van der Waals surface area contributed by atoms with Crippen LogP contribution in [0, 0.1) is 6.92 Å². The van der Waals surface area contributed by atoms with E-state index < -0.39 is 6.10 Å². The minimum Gasteiger partial charge on any atom is -0.497 e. The quantitative estimate of drug-likeness (QED) is 0.866. The Bertz CT molecular complexity index is 655. The third-order valence-electron chi connectivity index (χ3n) is 3.12. The van der Waals surface area contributed by atoms with Gasteiger partial charge in [0.15, 0.2) is 6.10 Å². The molecule has 2 aromatic rings.